The first kappa shape index (κ1) is 12.3. The van der Waals surface area contributed by atoms with Crippen LogP contribution in [0.3, 0.4) is 0 Å². The molecule has 0 fully saturated rings. The highest BCUT2D eigenvalue weighted by Gasteiger charge is 2.20. The molecule has 2 N–H and O–H groups in total. The molecule has 0 aromatic heterocycles. The van der Waals surface area contributed by atoms with Gasteiger partial charge in [-0.25, -0.2) is 4.79 Å². The Morgan fingerprint density at radius 3 is 2.53 bits per heavy atom. The second-order valence-electron chi connectivity index (χ2n) is 4.21. The number of hydrogen-bond acceptors (Lipinski definition) is 3. The van der Waals surface area contributed by atoms with Gasteiger partial charge in [0.2, 0.25) is 0 Å². The lowest BCUT2D eigenvalue weighted by Gasteiger charge is -2.20. The number of nitrogen functional groups attached to an aromatic ring is 1. The molecule has 0 saturated heterocycles. The highest BCUT2D eigenvalue weighted by atomic mass is 127. The van der Waals surface area contributed by atoms with E-state index in [0.717, 1.165) is 3.57 Å². The van der Waals surface area contributed by atoms with Crippen LogP contribution in [0.5, 0.6) is 0 Å². The molecular weight excluding hydrogens is 305 g/mol. The maximum atomic E-state index is 11.8. The van der Waals surface area contributed by atoms with Gasteiger partial charge in [-0.1, -0.05) is 6.07 Å². The number of carbonyl (C=O) groups is 1. The van der Waals surface area contributed by atoms with E-state index < -0.39 is 5.60 Å². The maximum Gasteiger partial charge on any atom is 0.339 e. The topological polar surface area (TPSA) is 52.3 Å². The molecule has 4 heteroatoms. The smallest absolute Gasteiger partial charge is 0.339 e. The highest BCUT2D eigenvalue weighted by Crippen LogP contribution is 2.21. The number of rotatable bonds is 1. The fraction of sp³-hybridized carbons (Fsp3) is 0.364. The number of anilines is 1. The van der Waals surface area contributed by atoms with Crippen LogP contribution in [0.25, 0.3) is 0 Å². The summed E-state index contributed by atoms with van der Waals surface area (Å²) in [6.45, 7) is 5.51. The number of nitrogens with two attached hydrogens (primary N) is 1. The lowest BCUT2D eigenvalue weighted by Crippen LogP contribution is -2.24. The molecular formula is C11H14INO2. The first-order valence-corrected chi connectivity index (χ1v) is 5.66. The van der Waals surface area contributed by atoms with Gasteiger partial charge in [0.1, 0.15) is 5.60 Å². The third-order valence-electron chi connectivity index (χ3n) is 1.65. The van der Waals surface area contributed by atoms with Crippen molar-refractivity contribution in [3.8, 4) is 0 Å². The van der Waals surface area contributed by atoms with Gasteiger partial charge in [-0.2, -0.15) is 0 Å². The van der Waals surface area contributed by atoms with E-state index in [0.29, 0.717) is 11.3 Å². The lowest BCUT2D eigenvalue weighted by atomic mass is 10.1. The zero-order valence-electron chi connectivity index (χ0n) is 9.00. The van der Waals surface area contributed by atoms with E-state index in [1.54, 1.807) is 18.2 Å². The number of halogens is 1. The summed E-state index contributed by atoms with van der Waals surface area (Å²) in [4.78, 5) is 11.8. The van der Waals surface area contributed by atoms with E-state index >= 15 is 0 Å². The number of hydrogen-bond donors (Lipinski definition) is 1. The Balaban J connectivity index is 2.97. The number of carbonyl (C=O) groups excluding carboxylic acids is 1. The van der Waals surface area contributed by atoms with Gasteiger partial charge in [0.05, 0.1) is 9.13 Å². The Labute approximate surface area is 103 Å². The zero-order chi connectivity index (χ0) is 11.6. The molecule has 0 unspecified atom stereocenters. The number of ether oxygens (including phenoxy) is 1. The van der Waals surface area contributed by atoms with E-state index in [2.05, 4.69) is 0 Å². The predicted molar refractivity (Wildman–Crippen MR) is 68.7 cm³/mol. The Hall–Kier alpha value is -0.780. The summed E-state index contributed by atoms with van der Waals surface area (Å²) >= 11 is 2.05. The van der Waals surface area contributed by atoms with E-state index in [1.807, 2.05) is 43.4 Å². The monoisotopic (exact) mass is 319 g/mol. The molecule has 82 valence electrons. The summed E-state index contributed by atoms with van der Waals surface area (Å²) in [6, 6.07) is 5.22. The van der Waals surface area contributed by atoms with E-state index in [-0.39, 0.29) is 5.97 Å². The molecule has 0 bridgehead atoms. The minimum atomic E-state index is -0.481. The van der Waals surface area contributed by atoms with Crippen molar-refractivity contribution in [3.63, 3.8) is 0 Å². The van der Waals surface area contributed by atoms with Gasteiger partial charge in [-0.3, -0.25) is 0 Å². The van der Waals surface area contributed by atoms with Crippen molar-refractivity contribution < 1.29 is 9.53 Å². The van der Waals surface area contributed by atoms with Crippen molar-refractivity contribution in [2.75, 3.05) is 5.73 Å². The minimum Gasteiger partial charge on any atom is -0.456 e. The van der Waals surface area contributed by atoms with Crippen molar-refractivity contribution in [3.05, 3.63) is 27.3 Å². The van der Waals surface area contributed by atoms with Crippen molar-refractivity contribution in [1.29, 1.82) is 0 Å². The van der Waals surface area contributed by atoms with Crippen LogP contribution in [0, 0.1) is 3.57 Å². The van der Waals surface area contributed by atoms with E-state index in [9.17, 15) is 4.79 Å². The van der Waals surface area contributed by atoms with Crippen molar-refractivity contribution in [2.45, 2.75) is 26.4 Å². The third kappa shape index (κ3) is 3.37. The maximum absolute atomic E-state index is 11.8. The average Bonchev–Trinajstić information content (AvgIpc) is 2.06. The van der Waals surface area contributed by atoms with Crippen molar-refractivity contribution >= 4 is 34.2 Å². The summed E-state index contributed by atoms with van der Waals surface area (Å²) in [5.74, 6) is -0.334. The lowest BCUT2D eigenvalue weighted by molar-refractivity contribution is 0.00684. The molecule has 15 heavy (non-hydrogen) atoms. The molecule has 0 heterocycles. The van der Waals surface area contributed by atoms with Gasteiger partial charge in [0.15, 0.2) is 0 Å². The van der Waals surface area contributed by atoms with Crippen LogP contribution in [0.2, 0.25) is 0 Å². The van der Waals surface area contributed by atoms with Gasteiger partial charge in [-0.15, -0.1) is 0 Å². The van der Waals surface area contributed by atoms with E-state index in [4.69, 9.17) is 10.5 Å². The van der Waals surface area contributed by atoms with Crippen LogP contribution in [0.4, 0.5) is 5.69 Å². The molecule has 0 saturated carbocycles. The van der Waals surface area contributed by atoms with Crippen molar-refractivity contribution in [2.24, 2.45) is 0 Å². The summed E-state index contributed by atoms with van der Waals surface area (Å²) in [5.41, 5.74) is 6.34. The molecule has 1 rings (SSSR count). The van der Waals surface area contributed by atoms with Gasteiger partial charge in [0.25, 0.3) is 0 Å². The van der Waals surface area contributed by atoms with Crippen LogP contribution in [-0.4, -0.2) is 11.6 Å². The Morgan fingerprint density at radius 2 is 2.00 bits per heavy atom. The summed E-state index contributed by atoms with van der Waals surface area (Å²) in [7, 11) is 0. The number of benzene rings is 1. The molecule has 0 spiro atoms. The normalized spacial score (nSPS) is 11.2. The summed E-state index contributed by atoms with van der Waals surface area (Å²) in [5, 5.41) is 0. The second-order valence-corrected chi connectivity index (χ2v) is 5.29. The average molecular weight is 319 g/mol. The molecule has 1 aromatic rings. The summed E-state index contributed by atoms with van der Waals surface area (Å²) in [6.07, 6.45) is 0. The molecule has 0 aliphatic heterocycles. The van der Waals surface area contributed by atoms with Crippen LogP contribution in [0.1, 0.15) is 31.1 Å². The van der Waals surface area contributed by atoms with Crippen LogP contribution < -0.4 is 5.73 Å². The van der Waals surface area contributed by atoms with Gasteiger partial charge < -0.3 is 10.5 Å². The van der Waals surface area contributed by atoms with Gasteiger partial charge in [0, 0.05) is 5.69 Å². The van der Waals surface area contributed by atoms with Crippen molar-refractivity contribution in [1.82, 2.24) is 0 Å². The molecule has 3 nitrogen and oxygen atoms in total. The predicted octanol–water partition coefficient (Wildman–Crippen LogP) is 2.83. The molecule has 0 atom stereocenters. The molecule has 0 aliphatic carbocycles. The molecule has 0 amide bonds. The fourth-order valence-corrected chi connectivity index (χ4v) is 1.62. The van der Waals surface area contributed by atoms with Crippen LogP contribution >= 0.6 is 22.6 Å². The molecule has 0 aliphatic rings. The minimum absolute atomic E-state index is 0.334. The van der Waals surface area contributed by atoms with E-state index in [1.165, 1.54) is 0 Å². The second kappa shape index (κ2) is 4.38. The molecule has 0 radical (unpaired) electrons. The highest BCUT2D eigenvalue weighted by molar-refractivity contribution is 14.1. The largest absolute Gasteiger partial charge is 0.456 e. The van der Waals surface area contributed by atoms with Gasteiger partial charge in [-0.05, 0) is 55.5 Å². The number of esters is 1. The third-order valence-corrected chi connectivity index (χ3v) is 2.85. The first-order chi connectivity index (χ1) is 6.81. The molecule has 1 aromatic carbocycles. The Kier molecular flexibility index (Phi) is 3.59. The Bertz CT molecular complexity index is 383. The standard InChI is InChI=1S/C11H14INO2/c1-11(2,3)15-10(14)7-5-4-6-8(13)9(7)12/h4-6H,13H2,1-3H3. The van der Waals surface area contributed by atoms with Gasteiger partial charge >= 0.3 is 5.97 Å². The first-order valence-electron chi connectivity index (χ1n) is 4.58. The van der Waals surface area contributed by atoms with Crippen LogP contribution in [-0.2, 0) is 4.74 Å². The van der Waals surface area contributed by atoms with Crippen LogP contribution in [0.15, 0.2) is 18.2 Å². The SMILES string of the molecule is CC(C)(C)OC(=O)c1cccc(N)c1I. The Morgan fingerprint density at radius 1 is 1.40 bits per heavy atom. The fourth-order valence-electron chi connectivity index (χ4n) is 1.04. The zero-order valence-corrected chi connectivity index (χ0v) is 11.2. The summed E-state index contributed by atoms with van der Waals surface area (Å²) < 4.78 is 6.00. The quantitative estimate of drug-likeness (QED) is 0.492.